The van der Waals surface area contributed by atoms with Crippen LogP contribution in [-0.2, 0) is 0 Å². The number of aromatic nitrogens is 5. The van der Waals surface area contributed by atoms with E-state index in [1.165, 1.54) is 0 Å². The van der Waals surface area contributed by atoms with Crippen LogP contribution in [0.5, 0.6) is 0 Å². The second kappa shape index (κ2) is 4.70. The normalized spacial score (nSPS) is 21.7. The van der Waals surface area contributed by atoms with Crippen LogP contribution < -0.4 is 0 Å². The van der Waals surface area contributed by atoms with Crippen LogP contribution in [0.1, 0.15) is 25.3 Å². The highest BCUT2D eigenvalue weighted by atomic mass is 15.3. The van der Waals surface area contributed by atoms with Gasteiger partial charge >= 0.3 is 0 Å². The molecular weight excluding hydrogens is 264 g/mol. The third kappa shape index (κ3) is 1.89. The van der Waals surface area contributed by atoms with Gasteiger partial charge in [0.15, 0.2) is 5.65 Å². The highest BCUT2D eigenvalue weighted by molar-refractivity contribution is 5.91. The summed E-state index contributed by atoms with van der Waals surface area (Å²) in [6, 6.07) is 4.58. The van der Waals surface area contributed by atoms with Crippen LogP contribution in [0.4, 0.5) is 0 Å². The first-order chi connectivity index (χ1) is 10.4. The molecule has 0 aromatic carbocycles. The van der Waals surface area contributed by atoms with Crippen LogP contribution in [0, 0.1) is 17.2 Å². The van der Waals surface area contributed by atoms with E-state index in [1.807, 2.05) is 29.3 Å². The zero-order chi connectivity index (χ0) is 14.2. The smallest absolute Gasteiger partial charge is 0.160 e. The summed E-state index contributed by atoms with van der Waals surface area (Å²) < 4.78 is 1.94. The molecule has 6 heteroatoms. The minimum Gasteiger partial charge on any atom is -0.345 e. The minimum absolute atomic E-state index is 0.0700. The van der Waals surface area contributed by atoms with Crippen LogP contribution in [0.3, 0.4) is 0 Å². The van der Waals surface area contributed by atoms with Gasteiger partial charge in [-0.15, -0.1) is 5.10 Å². The number of hydrogen-bond donors (Lipinski definition) is 1. The summed E-state index contributed by atoms with van der Waals surface area (Å²) in [5.41, 5.74) is 2.80. The van der Waals surface area contributed by atoms with Crippen molar-refractivity contribution in [1.29, 1.82) is 5.26 Å². The summed E-state index contributed by atoms with van der Waals surface area (Å²) in [6.07, 6.45) is 10.6. The van der Waals surface area contributed by atoms with Crippen LogP contribution >= 0.6 is 0 Å². The van der Waals surface area contributed by atoms with Gasteiger partial charge in [0, 0.05) is 28.9 Å². The lowest BCUT2D eigenvalue weighted by atomic mass is 10.1. The standard InChI is InChI=1S/C15H14N6/c16-6-10-2-1-3-14(10)21-9-11(7-19-21)13-8-18-20-15-12(13)4-5-17-15/h4-5,7-10,14H,1-3H2,(H,17,20)/t10-,14-/m0/s1. The maximum absolute atomic E-state index is 9.22. The van der Waals surface area contributed by atoms with Gasteiger partial charge in [-0.25, -0.2) is 0 Å². The van der Waals surface area contributed by atoms with Gasteiger partial charge in [0.05, 0.1) is 30.4 Å². The molecule has 1 saturated carbocycles. The van der Waals surface area contributed by atoms with E-state index in [4.69, 9.17) is 0 Å². The van der Waals surface area contributed by atoms with E-state index < -0.39 is 0 Å². The molecule has 1 aliphatic rings. The van der Waals surface area contributed by atoms with Gasteiger partial charge in [-0.05, 0) is 25.3 Å². The minimum atomic E-state index is 0.0700. The molecule has 3 aromatic rings. The fourth-order valence-electron chi connectivity index (χ4n) is 3.17. The summed E-state index contributed by atoms with van der Waals surface area (Å²) in [5.74, 6) is 0.0700. The van der Waals surface area contributed by atoms with Crippen LogP contribution in [0.15, 0.2) is 30.9 Å². The molecule has 0 spiro atoms. The fourth-order valence-corrected chi connectivity index (χ4v) is 3.17. The van der Waals surface area contributed by atoms with Crippen molar-refractivity contribution < 1.29 is 0 Å². The molecule has 0 radical (unpaired) electrons. The molecule has 0 unspecified atom stereocenters. The summed E-state index contributed by atoms with van der Waals surface area (Å²) in [4.78, 5) is 3.06. The number of aromatic amines is 1. The Labute approximate surface area is 121 Å². The number of nitrogens with zero attached hydrogens (tertiary/aromatic N) is 5. The largest absolute Gasteiger partial charge is 0.345 e. The first kappa shape index (κ1) is 12.1. The lowest BCUT2D eigenvalue weighted by Gasteiger charge is -2.13. The second-order valence-corrected chi connectivity index (χ2v) is 5.44. The van der Waals surface area contributed by atoms with E-state index in [-0.39, 0.29) is 12.0 Å². The Hall–Kier alpha value is -2.68. The average molecular weight is 278 g/mol. The monoisotopic (exact) mass is 278 g/mol. The zero-order valence-electron chi connectivity index (χ0n) is 11.4. The van der Waals surface area contributed by atoms with Gasteiger partial charge in [0.1, 0.15) is 0 Å². The Balaban J connectivity index is 1.75. The highest BCUT2D eigenvalue weighted by Crippen LogP contribution is 2.36. The highest BCUT2D eigenvalue weighted by Gasteiger charge is 2.29. The molecule has 0 amide bonds. The number of rotatable bonds is 2. The van der Waals surface area contributed by atoms with E-state index in [1.54, 1.807) is 6.20 Å². The van der Waals surface area contributed by atoms with E-state index in [9.17, 15) is 5.26 Å². The summed E-state index contributed by atoms with van der Waals surface area (Å²) in [7, 11) is 0. The van der Waals surface area contributed by atoms with Crippen molar-refractivity contribution in [2.75, 3.05) is 0 Å². The topological polar surface area (TPSA) is 83.2 Å². The van der Waals surface area contributed by atoms with E-state index in [0.29, 0.717) is 0 Å². The Kier molecular flexibility index (Phi) is 2.71. The van der Waals surface area contributed by atoms with Crippen molar-refractivity contribution in [3.05, 3.63) is 30.9 Å². The van der Waals surface area contributed by atoms with Gasteiger partial charge in [-0.3, -0.25) is 4.68 Å². The molecule has 21 heavy (non-hydrogen) atoms. The van der Waals surface area contributed by atoms with Gasteiger partial charge in [0.2, 0.25) is 0 Å². The van der Waals surface area contributed by atoms with Gasteiger partial charge < -0.3 is 4.98 Å². The lowest BCUT2D eigenvalue weighted by Crippen LogP contribution is -2.12. The van der Waals surface area contributed by atoms with Crippen molar-refractivity contribution in [1.82, 2.24) is 25.0 Å². The van der Waals surface area contributed by atoms with Crippen LogP contribution in [-0.4, -0.2) is 25.0 Å². The van der Waals surface area contributed by atoms with Crippen molar-refractivity contribution >= 4 is 11.0 Å². The lowest BCUT2D eigenvalue weighted by molar-refractivity contribution is 0.409. The molecular formula is C15H14N6. The third-order valence-electron chi connectivity index (χ3n) is 4.26. The van der Waals surface area contributed by atoms with Crippen LogP contribution in [0.2, 0.25) is 0 Å². The fraction of sp³-hybridized carbons (Fsp3) is 0.333. The summed E-state index contributed by atoms with van der Waals surface area (Å²) >= 11 is 0. The number of fused-ring (bicyclic) bond motifs is 1. The van der Waals surface area contributed by atoms with Crippen molar-refractivity contribution in [3.63, 3.8) is 0 Å². The Morgan fingerprint density at radius 3 is 3.19 bits per heavy atom. The number of nitrogens with one attached hydrogen (secondary N) is 1. The molecule has 1 N–H and O–H groups in total. The molecule has 0 aliphatic heterocycles. The number of hydrogen-bond acceptors (Lipinski definition) is 4. The molecule has 1 aliphatic carbocycles. The van der Waals surface area contributed by atoms with Gasteiger partial charge in [0.25, 0.3) is 0 Å². The second-order valence-electron chi connectivity index (χ2n) is 5.44. The van der Waals surface area contributed by atoms with Crippen LogP contribution in [0.25, 0.3) is 22.2 Å². The summed E-state index contributed by atoms with van der Waals surface area (Å²) in [5, 5.41) is 22.8. The van der Waals surface area contributed by atoms with E-state index in [2.05, 4.69) is 26.3 Å². The predicted octanol–water partition coefficient (Wildman–Crippen LogP) is 2.69. The molecule has 3 aromatic heterocycles. The first-order valence-corrected chi connectivity index (χ1v) is 7.10. The Bertz CT molecular complexity index is 824. The molecule has 0 saturated heterocycles. The maximum Gasteiger partial charge on any atom is 0.160 e. The molecule has 3 heterocycles. The zero-order valence-corrected chi connectivity index (χ0v) is 11.4. The number of H-pyrrole nitrogens is 1. The molecule has 2 atom stereocenters. The summed E-state index contributed by atoms with van der Waals surface area (Å²) in [6.45, 7) is 0. The van der Waals surface area contributed by atoms with Crippen molar-refractivity contribution in [2.24, 2.45) is 5.92 Å². The molecule has 6 nitrogen and oxygen atoms in total. The quantitative estimate of drug-likeness (QED) is 0.781. The number of nitriles is 1. The third-order valence-corrected chi connectivity index (χ3v) is 4.26. The van der Waals surface area contributed by atoms with Crippen molar-refractivity contribution in [2.45, 2.75) is 25.3 Å². The van der Waals surface area contributed by atoms with Gasteiger partial charge in [-0.1, -0.05) is 0 Å². The predicted molar refractivity (Wildman–Crippen MR) is 77.1 cm³/mol. The van der Waals surface area contributed by atoms with Gasteiger partial charge in [-0.2, -0.15) is 15.5 Å². The Morgan fingerprint density at radius 2 is 2.29 bits per heavy atom. The molecule has 0 bridgehead atoms. The SMILES string of the molecule is N#C[C@@H]1CCC[C@@H]1n1cc(-c2cnnc3[nH]ccc23)cn1. The average Bonchev–Trinajstić information content (AvgIpc) is 3.24. The molecule has 4 rings (SSSR count). The van der Waals surface area contributed by atoms with Crippen molar-refractivity contribution in [3.8, 4) is 17.2 Å². The maximum atomic E-state index is 9.22. The van der Waals surface area contributed by atoms with E-state index >= 15 is 0 Å². The Morgan fingerprint density at radius 1 is 1.33 bits per heavy atom. The molecule has 104 valence electrons. The first-order valence-electron chi connectivity index (χ1n) is 7.10. The van der Waals surface area contributed by atoms with E-state index in [0.717, 1.165) is 41.4 Å². The molecule has 1 fully saturated rings.